The van der Waals surface area contributed by atoms with E-state index in [1.165, 1.54) is 12.1 Å². The van der Waals surface area contributed by atoms with Gasteiger partial charge in [0.1, 0.15) is 0 Å². The number of nitrogen functional groups attached to an aromatic ring is 1. The summed E-state index contributed by atoms with van der Waals surface area (Å²) in [6.45, 7) is 0. The molecule has 1 aromatic heterocycles. The predicted molar refractivity (Wildman–Crippen MR) is 56.8 cm³/mol. The predicted octanol–water partition coefficient (Wildman–Crippen LogP) is 3.10. The minimum atomic E-state index is -4.51. The lowest BCUT2D eigenvalue weighted by molar-refractivity contribution is -0.137. The number of alkyl halides is 3. The molecule has 0 unspecified atom stereocenters. The van der Waals surface area contributed by atoms with Crippen LogP contribution in [0.15, 0.2) is 27.1 Å². The number of hydrogen-bond donors (Lipinski definition) is 1. The Morgan fingerprint density at radius 1 is 1.24 bits per heavy atom. The molecule has 1 aromatic carbocycles. The fourth-order valence-electron chi connectivity index (χ4n) is 1.28. The molecule has 0 amide bonds. The third-order valence-corrected chi connectivity index (χ3v) is 2.45. The highest BCUT2D eigenvalue weighted by Gasteiger charge is 2.35. The first-order valence-corrected chi connectivity index (χ1v) is 5.13. The maximum atomic E-state index is 12.8. The van der Waals surface area contributed by atoms with Gasteiger partial charge < -0.3 is 10.2 Å². The summed E-state index contributed by atoms with van der Waals surface area (Å²) < 4.78 is 43.4. The Kier molecular flexibility index (Phi) is 2.82. The Balaban J connectivity index is 2.61. The summed E-state index contributed by atoms with van der Waals surface area (Å²) in [4.78, 5) is 0. The van der Waals surface area contributed by atoms with Gasteiger partial charge in [0.15, 0.2) is 0 Å². The maximum Gasteiger partial charge on any atom is 0.417 e. The van der Waals surface area contributed by atoms with E-state index in [2.05, 4.69) is 26.1 Å². The van der Waals surface area contributed by atoms with Crippen molar-refractivity contribution >= 4 is 21.9 Å². The van der Waals surface area contributed by atoms with Gasteiger partial charge in [-0.3, -0.25) is 0 Å². The van der Waals surface area contributed by atoms with E-state index >= 15 is 0 Å². The summed E-state index contributed by atoms with van der Waals surface area (Å²) >= 11 is 2.98. The normalized spacial score (nSPS) is 11.8. The molecule has 0 atom stereocenters. The highest BCUT2D eigenvalue weighted by atomic mass is 79.9. The first kappa shape index (κ1) is 11.9. The molecule has 0 radical (unpaired) electrons. The second-order valence-corrected chi connectivity index (χ2v) is 4.05. The zero-order valence-electron chi connectivity index (χ0n) is 8.12. The van der Waals surface area contributed by atoms with Crippen LogP contribution in [0.25, 0.3) is 11.5 Å². The van der Waals surface area contributed by atoms with Gasteiger partial charge in [0.25, 0.3) is 0 Å². The molecule has 1 heterocycles. The number of benzene rings is 1. The fourth-order valence-corrected chi connectivity index (χ4v) is 1.64. The first-order valence-electron chi connectivity index (χ1n) is 4.34. The number of rotatable bonds is 1. The molecule has 2 aromatic rings. The zero-order valence-corrected chi connectivity index (χ0v) is 9.71. The molecule has 0 saturated carbocycles. The van der Waals surface area contributed by atoms with Gasteiger partial charge in [0.2, 0.25) is 5.89 Å². The van der Waals surface area contributed by atoms with Crippen molar-refractivity contribution < 1.29 is 17.6 Å². The Labute approximate surface area is 102 Å². The Morgan fingerprint density at radius 2 is 1.94 bits per heavy atom. The van der Waals surface area contributed by atoms with E-state index in [0.29, 0.717) is 4.47 Å². The number of nitrogens with zero attached hydrogens (tertiary/aromatic N) is 2. The molecule has 2 rings (SSSR count). The quantitative estimate of drug-likeness (QED) is 0.879. The van der Waals surface area contributed by atoms with E-state index in [-0.39, 0.29) is 17.5 Å². The van der Waals surface area contributed by atoms with Crippen molar-refractivity contribution in [2.24, 2.45) is 0 Å². The summed E-state index contributed by atoms with van der Waals surface area (Å²) in [5.74, 6) is -0.262. The van der Waals surface area contributed by atoms with Gasteiger partial charge in [0.05, 0.1) is 11.1 Å². The van der Waals surface area contributed by atoms with E-state index in [9.17, 15) is 13.2 Å². The Bertz CT molecular complexity index is 553. The number of nitrogens with two attached hydrogens (primary N) is 1. The van der Waals surface area contributed by atoms with Crippen molar-refractivity contribution in [3.05, 3.63) is 28.2 Å². The summed E-state index contributed by atoms with van der Waals surface area (Å²) in [6, 6.07) is 3.34. The van der Waals surface area contributed by atoms with Crippen LogP contribution < -0.4 is 5.73 Å². The summed E-state index contributed by atoms with van der Waals surface area (Å²) in [5.41, 5.74) is 4.11. The van der Waals surface area contributed by atoms with Crippen molar-refractivity contribution in [1.29, 1.82) is 0 Å². The molecule has 4 nitrogen and oxygen atoms in total. The standard InChI is InChI=1S/C9H5BrF3N3O/c10-4-1-2-5(6(3-4)9(11,12)13)7-15-16-8(14)17-7/h1-3H,(H2,14,16). The molecule has 0 saturated heterocycles. The van der Waals surface area contributed by atoms with Crippen LogP contribution in [-0.2, 0) is 6.18 Å². The molecule has 0 aliphatic heterocycles. The van der Waals surface area contributed by atoms with Gasteiger partial charge in [-0.25, -0.2) is 0 Å². The van der Waals surface area contributed by atoms with E-state index in [1.807, 2.05) is 0 Å². The average molecular weight is 308 g/mol. The number of halogens is 4. The summed E-state index contributed by atoms with van der Waals surface area (Å²) in [5, 5.41) is 6.75. The van der Waals surface area contributed by atoms with Crippen LogP contribution in [0.1, 0.15) is 5.56 Å². The SMILES string of the molecule is Nc1nnc(-c2ccc(Br)cc2C(F)(F)F)o1. The van der Waals surface area contributed by atoms with Crippen LogP contribution in [0.4, 0.5) is 19.2 Å². The van der Waals surface area contributed by atoms with Gasteiger partial charge in [-0.2, -0.15) is 13.2 Å². The van der Waals surface area contributed by atoms with Crippen molar-refractivity contribution in [3.8, 4) is 11.5 Å². The summed E-state index contributed by atoms with van der Waals surface area (Å²) in [7, 11) is 0. The van der Waals surface area contributed by atoms with Crippen LogP contribution in [0.2, 0.25) is 0 Å². The molecule has 0 fully saturated rings. The lowest BCUT2D eigenvalue weighted by atomic mass is 10.1. The van der Waals surface area contributed by atoms with Gasteiger partial charge in [0, 0.05) is 4.47 Å². The second kappa shape index (κ2) is 4.02. The Hall–Kier alpha value is -1.57. The van der Waals surface area contributed by atoms with Crippen molar-refractivity contribution in [1.82, 2.24) is 10.2 Å². The third-order valence-electron chi connectivity index (χ3n) is 1.96. The highest BCUT2D eigenvalue weighted by molar-refractivity contribution is 9.10. The minimum Gasteiger partial charge on any atom is -0.404 e. The van der Waals surface area contributed by atoms with E-state index < -0.39 is 11.7 Å². The lowest BCUT2D eigenvalue weighted by Gasteiger charge is -2.10. The number of aromatic nitrogens is 2. The van der Waals surface area contributed by atoms with Crippen LogP contribution in [-0.4, -0.2) is 10.2 Å². The van der Waals surface area contributed by atoms with Crippen LogP contribution >= 0.6 is 15.9 Å². The molecule has 8 heteroatoms. The maximum absolute atomic E-state index is 12.8. The third kappa shape index (κ3) is 2.41. The molecule has 17 heavy (non-hydrogen) atoms. The summed E-state index contributed by atoms with van der Waals surface area (Å²) in [6.07, 6.45) is -4.51. The lowest BCUT2D eigenvalue weighted by Crippen LogP contribution is -2.07. The van der Waals surface area contributed by atoms with Crippen LogP contribution in [0, 0.1) is 0 Å². The molecule has 0 aliphatic carbocycles. The topological polar surface area (TPSA) is 64.9 Å². The van der Waals surface area contributed by atoms with Crippen molar-refractivity contribution in [3.63, 3.8) is 0 Å². The average Bonchev–Trinajstić information content (AvgIpc) is 2.63. The van der Waals surface area contributed by atoms with Crippen LogP contribution in [0.5, 0.6) is 0 Å². The van der Waals surface area contributed by atoms with Gasteiger partial charge >= 0.3 is 12.2 Å². The molecule has 2 N–H and O–H groups in total. The molecule has 90 valence electrons. The zero-order chi connectivity index (χ0) is 12.6. The van der Waals surface area contributed by atoms with Gasteiger partial charge in [-0.05, 0) is 18.2 Å². The number of hydrogen-bond acceptors (Lipinski definition) is 4. The van der Waals surface area contributed by atoms with E-state index in [4.69, 9.17) is 10.2 Å². The first-order chi connectivity index (χ1) is 7.88. The van der Waals surface area contributed by atoms with Gasteiger partial charge in [-0.15, -0.1) is 5.10 Å². The fraction of sp³-hybridized carbons (Fsp3) is 0.111. The molecule has 0 spiro atoms. The minimum absolute atomic E-state index is 0.204. The van der Waals surface area contributed by atoms with E-state index in [1.54, 1.807) is 0 Å². The number of anilines is 1. The van der Waals surface area contributed by atoms with Crippen molar-refractivity contribution in [2.45, 2.75) is 6.18 Å². The van der Waals surface area contributed by atoms with Crippen molar-refractivity contribution in [2.75, 3.05) is 5.73 Å². The monoisotopic (exact) mass is 307 g/mol. The Morgan fingerprint density at radius 3 is 2.47 bits per heavy atom. The molecule has 0 aliphatic rings. The van der Waals surface area contributed by atoms with Gasteiger partial charge in [-0.1, -0.05) is 21.0 Å². The van der Waals surface area contributed by atoms with Crippen LogP contribution in [0.3, 0.4) is 0 Å². The molecular formula is C9H5BrF3N3O. The smallest absolute Gasteiger partial charge is 0.404 e. The second-order valence-electron chi connectivity index (χ2n) is 3.13. The molecular weight excluding hydrogens is 303 g/mol. The highest BCUT2D eigenvalue weighted by Crippen LogP contribution is 2.38. The van der Waals surface area contributed by atoms with E-state index in [0.717, 1.165) is 6.07 Å². The molecule has 0 bridgehead atoms. The largest absolute Gasteiger partial charge is 0.417 e.